The fourth-order valence-corrected chi connectivity index (χ4v) is 0.891. The van der Waals surface area contributed by atoms with E-state index in [2.05, 4.69) is 10.3 Å². The van der Waals surface area contributed by atoms with E-state index in [0.29, 0.717) is 5.69 Å². The van der Waals surface area contributed by atoms with Gasteiger partial charge in [-0.2, -0.15) is 0 Å². The summed E-state index contributed by atoms with van der Waals surface area (Å²) in [6.45, 7) is 1.25. The average Bonchev–Trinajstić information content (AvgIpc) is 2.33. The van der Waals surface area contributed by atoms with E-state index >= 15 is 0 Å². The normalized spacial score (nSPS) is 13.8. The number of hydrogen-bond donors (Lipinski definition) is 1. The van der Waals surface area contributed by atoms with E-state index in [-0.39, 0.29) is 6.04 Å². The van der Waals surface area contributed by atoms with Crippen LogP contribution in [0.15, 0.2) is 6.20 Å². The Bertz CT molecular complexity index is 245. The molecule has 68 valence electrons. The minimum Gasteiger partial charge on any atom is -0.323 e. The van der Waals surface area contributed by atoms with Gasteiger partial charge in [-0.05, 0) is 6.92 Å². The molecule has 0 radical (unpaired) electrons. The third kappa shape index (κ3) is 1.97. The first-order valence-corrected chi connectivity index (χ1v) is 3.53. The third-order valence-corrected chi connectivity index (χ3v) is 1.43. The van der Waals surface area contributed by atoms with Gasteiger partial charge in [0, 0.05) is 6.04 Å². The fraction of sp³-hybridized carbons (Fsp3) is 0.667. The van der Waals surface area contributed by atoms with Crippen molar-refractivity contribution in [2.24, 2.45) is 5.73 Å². The summed E-state index contributed by atoms with van der Waals surface area (Å²) in [7, 11) is 0. The van der Waals surface area contributed by atoms with E-state index in [1.165, 1.54) is 6.20 Å². The highest BCUT2D eigenvalue weighted by molar-refractivity contribution is 4.99. The van der Waals surface area contributed by atoms with Crippen LogP contribution in [0.3, 0.4) is 0 Å². The van der Waals surface area contributed by atoms with E-state index in [1.54, 1.807) is 6.92 Å². The molecule has 0 saturated heterocycles. The van der Waals surface area contributed by atoms with Crippen molar-refractivity contribution >= 4 is 0 Å². The van der Waals surface area contributed by atoms with Crippen molar-refractivity contribution in [3.8, 4) is 0 Å². The summed E-state index contributed by atoms with van der Waals surface area (Å²) in [4.78, 5) is 0. The van der Waals surface area contributed by atoms with Gasteiger partial charge in [0.05, 0.1) is 11.9 Å². The smallest absolute Gasteiger partial charge is 0.257 e. The monoisotopic (exact) mass is 176 g/mol. The number of nitrogens with zero attached hydrogens (tertiary/aromatic N) is 3. The van der Waals surface area contributed by atoms with Crippen molar-refractivity contribution < 1.29 is 8.78 Å². The maximum atomic E-state index is 11.9. The van der Waals surface area contributed by atoms with E-state index in [1.807, 2.05) is 0 Å². The molecule has 0 aliphatic carbocycles. The summed E-state index contributed by atoms with van der Waals surface area (Å²) >= 11 is 0. The van der Waals surface area contributed by atoms with Gasteiger partial charge in [-0.25, -0.2) is 13.5 Å². The summed E-state index contributed by atoms with van der Waals surface area (Å²) in [5.74, 6) is 0. The second-order valence-electron chi connectivity index (χ2n) is 2.52. The van der Waals surface area contributed by atoms with Crippen LogP contribution in [0.25, 0.3) is 0 Å². The Hall–Kier alpha value is -1.04. The number of aromatic nitrogens is 3. The quantitative estimate of drug-likeness (QED) is 0.732. The summed E-state index contributed by atoms with van der Waals surface area (Å²) < 4.78 is 24.9. The highest BCUT2D eigenvalue weighted by Gasteiger charge is 2.11. The minimum atomic E-state index is -2.43. The SMILES string of the molecule is CC(N)c1cnnn1CC(F)F. The second kappa shape index (κ2) is 3.57. The number of hydrogen-bond acceptors (Lipinski definition) is 3. The van der Waals surface area contributed by atoms with Gasteiger partial charge in [-0.1, -0.05) is 5.21 Å². The molecule has 6 heteroatoms. The Morgan fingerprint density at radius 3 is 2.83 bits per heavy atom. The molecule has 12 heavy (non-hydrogen) atoms. The van der Waals surface area contributed by atoms with Gasteiger partial charge in [0.25, 0.3) is 6.43 Å². The van der Waals surface area contributed by atoms with E-state index in [0.717, 1.165) is 4.68 Å². The van der Waals surface area contributed by atoms with Crippen LogP contribution in [0.1, 0.15) is 18.7 Å². The molecule has 1 atom stereocenters. The van der Waals surface area contributed by atoms with Crippen molar-refractivity contribution in [2.75, 3.05) is 0 Å². The van der Waals surface area contributed by atoms with E-state index in [9.17, 15) is 8.78 Å². The fourth-order valence-electron chi connectivity index (χ4n) is 0.891. The average molecular weight is 176 g/mol. The van der Waals surface area contributed by atoms with Crippen LogP contribution in [0.4, 0.5) is 8.78 Å². The van der Waals surface area contributed by atoms with Crippen molar-refractivity contribution in [2.45, 2.75) is 25.9 Å². The Labute approximate surface area is 68.4 Å². The number of nitrogens with two attached hydrogens (primary N) is 1. The second-order valence-corrected chi connectivity index (χ2v) is 2.52. The number of halogens is 2. The maximum Gasteiger partial charge on any atom is 0.257 e. The number of rotatable bonds is 3. The first-order valence-electron chi connectivity index (χ1n) is 3.53. The molecule has 0 aliphatic heterocycles. The molecule has 4 nitrogen and oxygen atoms in total. The molecular formula is C6H10F2N4. The molecule has 0 spiro atoms. The van der Waals surface area contributed by atoms with Crippen LogP contribution in [0.2, 0.25) is 0 Å². The lowest BCUT2D eigenvalue weighted by Gasteiger charge is -2.07. The van der Waals surface area contributed by atoms with Gasteiger partial charge in [-0.15, -0.1) is 5.10 Å². The van der Waals surface area contributed by atoms with Gasteiger partial charge in [0.1, 0.15) is 6.54 Å². The molecule has 1 heterocycles. The molecule has 0 aliphatic rings. The van der Waals surface area contributed by atoms with Crippen LogP contribution in [0.5, 0.6) is 0 Å². The van der Waals surface area contributed by atoms with E-state index < -0.39 is 13.0 Å². The predicted molar refractivity (Wildman–Crippen MR) is 38.6 cm³/mol. The molecule has 1 rings (SSSR count). The molecule has 0 saturated carbocycles. The third-order valence-electron chi connectivity index (χ3n) is 1.43. The Morgan fingerprint density at radius 2 is 2.33 bits per heavy atom. The number of alkyl halides is 2. The molecule has 0 amide bonds. The zero-order valence-electron chi connectivity index (χ0n) is 6.61. The lowest BCUT2D eigenvalue weighted by molar-refractivity contribution is 0.119. The van der Waals surface area contributed by atoms with Gasteiger partial charge in [0.2, 0.25) is 0 Å². The molecule has 2 N–H and O–H groups in total. The minimum absolute atomic E-state index is 0.321. The highest BCUT2D eigenvalue weighted by atomic mass is 19.3. The standard InChI is InChI=1S/C6H10F2N4/c1-4(9)5-2-10-11-12(5)3-6(7)8/h2,4,6H,3,9H2,1H3. The molecular weight excluding hydrogens is 166 g/mol. The molecule has 1 aromatic heterocycles. The molecule has 0 aromatic carbocycles. The molecule has 1 unspecified atom stereocenters. The zero-order valence-corrected chi connectivity index (χ0v) is 6.61. The van der Waals surface area contributed by atoms with Crippen molar-refractivity contribution in [3.63, 3.8) is 0 Å². The highest BCUT2D eigenvalue weighted by Crippen LogP contribution is 2.08. The first kappa shape index (κ1) is 9.05. The lowest BCUT2D eigenvalue weighted by atomic mass is 10.3. The first-order chi connectivity index (χ1) is 5.61. The van der Waals surface area contributed by atoms with Crippen LogP contribution in [-0.4, -0.2) is 21.4 Å². The van der Waals surface area contributed by atoms with Crippen molar-refractivity contribution in [1.82, 2.24) is 15.0 Å². The Kier molecular flexibility index (Phi) is 2.69. The largest absolute Gasteiger partial charge is 0.323 e. The van der Waals surface area contributed by atoms with Crippen LogP contribution in [0, 0.1) is 0 Å². The zero-order chi connectivity index (χ0) is 9.14. The van der Waals surface area contributed by atoms with Gasteiger partial charge < -0.3 is 5.73 Å². The summed E-state index contributed by atoms with van der Waals surface area (Å²) in [6, 6.07) is -0.321. The lowest BCUT2D eigenvalue weighted by Crippen LogP contribution is -2.16. The topological polar surface area (TPSA) is 56.7 Å². The maximum absolute atomic E-state index is 11.9. The summed E-state index contributed by atoms with van der Waals surface area (Å²) in [6.07, 6.45) is -1.03. The Morgan fingerprint density at radius 1 is 1.67 bits per heavy atom. The Balaban J connectivity index is 2.77. The van der Waals surface area contributed by atoms with Crippen LogP contribution >= 0.6 is 0 Å². The van der Waals surface area contributed by atoms with Gasteiger partial charge >= 0.3 is 0 Å². The molecule has 0 bridgehead atoms. The van der Waals surface area contributed by atoms with Gasteiger partial charge in [0.15, 0.2) is 0 Å². The van der Waals surface area contributed by atoms with E-state index in [4.69, 9.17) is 5.73 Å². The molecule has 0 fully saturated rings. The molecule has 1 aromatic rings. The predicted octanol–water partition coefficient (Wildman–Crippen LogP) is 0.563. The summed E-state index contributed by atoms with van der Waals surface area (Å²) in [5.41, 5.74) is 6.01. The van der Waals surface area contributed by atoms with Crippen molar-refractivity contribution in [1.29, 1.82) is 0 Å². The van der Waals surface area contributed by atoms with Crippen molar-refractivity contribution in [3.05, 3.63) is 11.9 Å². The van der Waals surface area contributed by atoms with Gasteiger partial charge in [-0.3, -0.25) is 0 Å². The summed E-state index contributed by atoms with van der Waals surface area (Å²) in [5, 5.41) is 6.98. The van der Waals surface area contributed by atoms with Crippen LogP contribution in [-0.2, 0) is 6.54 Å². The van der Waals surface area contributed by atoms with Crippen LogP contribution < -0.4 is 5.73 Å².